The first-order valence-corrected chi connectivity index (χ1v) is 4.53. The maximum atomic E-state index is 10.2. The molecule has 0 aliphatic carbocycles. The van der Waals surface area contributed by atoms with E-state index in [1.54, 1.807) is 6.07 Å². The molecule has 0 aliphatic rings. The van der Waals surface area contributed by atoms with E-state index in [2.05, 4.69) is 5.32 Å². The molecule has 0 unspecified atom stereocenters. The minimum atomic E-state index is -0.863. The molecular weight excluding hydrogens is 198 g/mol. The lowest BCUT2D eigenvalue weighted by molar-refractivity contribution is -0.136. The number of rotatable bonds is 5. The zero-order valence-electron chi connectivity index (χ0n) is 8.10. The lowest BCUT2D eigenvalue weighted by Crippen LogP contribution is -2.17. The number of phenolic OH excluding ortho intramolecular Hbond substituents is 2. The van der Waals surface area contributed by atoms with Crippen LogP contribution in [-0.4, -0.2) is 27.8 Å². The molecule has 1 aromatic rings. The third-order valence-electron chi connectivity index (χ3n) is 1.90. The number of hydrogen-bond acceptors (Lipinski definition) is 4. The second kappa shape index (κ2) is 5.21. The number of carboxylic acid groups (broad SMARTS) is 1. The fourth-order valence-electron chi connectivity index (χ4n) is 1.12. The molecule has 1 aromatic carbocycles. The molecule has 5 heteroatoms. The van der Waals surface area contributed by atoms with E-state index in [9.17, 15) is 9.90 Å². The van der Waals surface area contributed by atoms with Crippen molar-refractivity contribution in [3.8, 4) is 11.5 Å². The Morgan fingerprint density at radius 2 is 2.07 bits per heavy atom. The number of hydrogen-bond donors (Lipinski definition) is 4. The van der Waals surface area contributed by atoms with Crippen molar-refractivity contribution in [3.05, 3.63) is 23.8 Å². The van der Waals surface area contributed by atoms with Crippen molar-refractivity contribution < 1.29 is 20.1 Å². The molecule has 0 aliphatic heterocycles. The van der Waals surface area contributed by atoms with Crippen LogP contribution in [0.3, 0.4) is 0 Å². The van der Waals surface area contributed by atoms with Gasteiger partial charge in [0.25, 0.3) is 0 Å². The largest absolute Gasteiger partial charge is 0.508 e. The topological polar surface area (TPSA) is 89.8 Å². The summed E-state index contributed by atoms with van der Waals surface area (Å²) in [6, 6.07) is 4.29. The van der Waals surface area contributed by atoms with E-state index in [1.807, 2.05) is 0 Å². The maximum Gasteiger partial charge on any atom is 0.304 e. The first-order chi connectivity index (χ1) is 7.09. The Morgan fingerprint density at radius 3 is 2.67 bits per heavy atom. The predicted octanol–water partition coefficient (Wildman–Crippen LogP) is 0.662. The number of carbonyl (C=O) groups is 1. The number of carboxylic acids is 1. The Bertz CT molecular complexity index is 351. The van der Waals surface area contributed by atoms with Gasteiger partial charge in [-0.3, -0.25) is 4.79 Å². The quantitative estimate of drug-likeness (QED) is 0.537. The van der Waals surface area contributed by atoms with Crippen LogP contribution in [0.15, 0.2) is 18.2 Å². The highest BCUT2D eigenvalue weighted by Crippen LogP contribution is 2.21. The van der Waals surface area contributed by atoms with Gasteiger partial charge in [-0.25, -0.2) is 0 Å². The lowest BCUT2D eigenvalue weighted by Gasteiger charge is -2.05. The predicted molar refractivity (Wildman–Crippen MR) is 53.7 cm³/mol. The molecule has 1 rings (SSSR count). The van der Waals surface area contributed by atoms with E-state index in [0.717, 1.165) is 0 Å². The van der Waals surface area contributed by atoms with Gasteiger partial charge in [0.1, 0.15) is 11.5 Å². The first kappa shape index (κ1) is 11.3. The molecule has 0 saturated carbocycles. The third kappa shape index (κ3) is 3.86. The van der Waals surface area contributed by atoms with Crippen molar-refractivity contribution in [1.29, 1.82) is 0 Å². The summed E-state index contributed by atoms with van der Waals surface area (Å²) in [5, 5.41) is 29.7. The highest BCUT2D eigenvalue weighted by Gasteiger charge is 2.02. The molecular formula is C10H13NO4. The standard InChI is InChI=1S/C10H13NO4/c12-8-2-1-7(9(13)5-8)6-11-4-3-10(14)15/h1-2,5,11-13H,3-4,6H2,(H,14,15). The van der Waals surface area contributed by atoms with Gasteiger partial charge < -0.3 is 20.6 Å². The summed E-state index contributed by atoms with van der Waals surface area (Å²) >= 11 is 0. The van der Waals surface area contributed by atoms with Crippen LogP contribution < -0.4 is 5.32 Å². The van der Waals surface area contributed by atoms with Gasteiger partial charge >= 0.3 is 5.97 Å². The monoisotopic (exact) mass is 211 g/mol. The highest BCUT2D eigenvalue weighted by atomic mass is 16.4. The number of nitrogens with one attached hydrogen (secondary N) is 1. The molecule has 0 atom stereocenters. The van der Waals surface area contributed by atoms with E-state index in [1.165, 1.54) is 12.1 Å². The summed E-state index contributed by atoms with van der Waals surface area (Å²) in [5.41, 5.74) is 0.623. The van der Waals surface area contributed by atoms with Crippen molar-refractivity contribution in [3.63, 3.8) is 0 Å². The maximum absolute atomic E-state index is 10.2. The van der Waals surface area contributed by atoms with E-state index >= 15 is 0 Å². The molecule has 0 bridgehead atoms. The fourth-order valence-corrected chi connectivity index (χ4v) is 1.12. The number of aliphatic carboxylic acids is 1. The zero-order valence-corrected chi connectivity index (χ0v) is 8.10. The summed E-state index contributed by atoms with van der Waals surface area (Å²) in [4.78, 5) is 10.2. The Morgan fingerprint density at radius 1 is 1.33 bits per heavy atom. The summed E-state index contributed by atoms with van der Waals surface area (Å²) in [6.45, 7) is 0.717. The van der Waals surface area contributed by atoms with Crippen molar-refractivity contribution >= 4 is 5.97 Å². The molecule has 15 heavy (non-hydrogen) atoms. The van der Waals surface area contributed by atoms with E-state index in [0.29, 0.717) is 18.7 Å². The molecule has 82 valence electrons. The van der Waals surface area contributed by atoms with Crippen molar-refractivity contribution in [2.24, 2.45) is 0 Å². The number of benzene rings is 1. The molecule has 0 saturated heterocycles. The molecule has 0 aromatic heterocycles. The van der Waals surface area contributed by atoms with E-state index < -0.39 is 5.97 Å². The van der Waals surface area contributed by atoms with Gasteiger partial charge in [0.2, 0.25) is 0 Å². The number of aromatic hydroxyl groups is 2. The second-order valence-electron chi connectivity index (χ2n) is 3.13. The van der Waals surface area contributed by atoms with Crippen molar-refractivity contribution in [2.45, 2.75) is 13.0 Å². The van der Waals surface area contributed by atoms with Crippen LogP contribution in [0.25, 0.3) is 0 Å². The van der Waals surface area contributed by atoms with Gasteiger partial charge in [0, 0.05) is 24.7 Å². The highest BCUT2D eigenvalue weighted by molar-refractivity contribution is 5.66. The van der Waals surface area contributed by atoms with Crippen molar-refractivity contribution in [2.75, 3.05) is 6.54 Å². The van der Waals surface area contributed by atoms with Crippen molar-refractivity contribution in [1.82, 2.24) is 5.32 Å². The van der Waals surface area contributed by atoms with Crippen LogP contribution in [0, 0.1) is 0 Å². The van der Waals surface area contributed by atoms with Gasteiger partial charge in [-0.05, 0) is 6.07 Å². The summed E-state index contributed by atoms with van der Waals surface area (Å²) in [7, 11) is 0. The van der Waals surface area contributed by atoms with Gasteiger partial charge in [-0.15, -0.1) is 0 Å². The summed E-state index contributed by atoms with van der Waals surface area (Å²) in [6.07, 6.45) is 0.0405. The normalized spacial score (nSPS) is 10.1. The van der Waals surface area contributed by atoms with Crippen LogP contribution in [0.1, 0.15) is 12.0 Å². The molecule has 0 radical (unpaired) electrons. The smallest absolute Gasteiger partial charge is 0.304 e. The Labute approximate surface area is 87.0 Å². The number of phenols is 2. The van der Waals surface area contributed by atoms with Gasteiger partial charge in [-0.2, -0.15) is 0 Å². The van der Waals surface area contributed by atoms with Crippen LogP contribution in [0.5, 0.6) is 11.5 Å². The molecule has 4 N–H and O–H groups in total. The Kier molecular flexibility index (Phi) is 3.93. The molecule has 5 nitrogen and oxygen atoms in total. The van der Waals surface area contributed by atoms with Crippen LogP contribution >= 0.6 is 0 Å². The zero-order chi connectivity index (χ0) is 11.3. The molecule has 0 fully saturated rings. The van der Waals surface area contributed by atoms with Crippen LogP contribution in [0.2, 0.25) is 0 Å². The van der Waals surface area contributed by atoms with Gasteiger partial charge in [-0.1, -0.05) is 6.07 Å². The fraction of sp³-hybridized carbons (Fsp3) is 0.300. The molecule has 0 spiro atoms. The lowest BCUT2D eigenvalue weighted by atomic mass is 10.2. The summed E-state index contributed by atoms with van der Waals surface area (Å²) in [5.74, 6) is -0.864. The van der Waals surface area contributed by atoms with E-state index in [4.69, 9.17) is 10.2 Å². The summed E-state index contributed by atoms with van der Waals surface area (Å²) < 4.78 is 0. The Balaban J connectivity index is 2.40. The van der Waals surface area contributed by atoms with Crippen LogP contribution in [0.4, 0.5) is 0 Å². The van der Waals surface area contributed by atoms with Gasteiger partial charge in [0.05, 0.1) is 6.42 Å². The Hall–Kier alpha value is -1.75. The first-order valence-electron chi connectivity index (χ1n) is 4.53. The minimum Gasteiger partial charge on any atom is -0.508 e. The minimum absolute atomic E-state index is 0.00165. The van der Waals surface area contributed by atoms with Gasteiger partial charge in [0.15, 0.2) is 0 Å². The average Bonchev–Trinajstić information content (AvgIpc) is 2.14. The SMILES string of the molecule is O=C(O)CCNCc1ccc(O)cc1O. The molecule has 0 heterocycles. The average molecular weight is 211 g/mol. The van der Waals surface area contributed by atoms with E-state index in [-0.39, 0.29) is 17.9 Å². The third-order valence-corrected chi connectivity index (χ3v) is 1.90. The molecule has 0 amide bonds. The van der Waals surface area contributed by atoms with Crippen LogP contribution in [-0.2, 0) is 11.3 Å². The second-order valence-corrected chi connectivity index (χ2v) is 3.13.